The quantitative estimate of drug-likeness (QED) is 0.836. The summed E-state index contributed by atoms with van der Waals surface area (Å²) in [5, 5.41) is 0. The highest BCUT2D eigenvalue weighted by Gasteiger charge is 2.27. The van der Waals surface area contributed by atoms with Crippen LogP contribution in [0.5, 0.6) is 5.75 Å². The topological polar surface area (TPSA) is 35.2 Å². The molecule has 2 N–H and O–H groups in total. The van der Waals surface area contributed by atoms with Gasteiger partial charge in [0, 0.05) is 11.8 Å². The van der Waals surface area contributed by atoms with Crippen molar-refractivity contribution in [2.24, 2.45) is 5.73 Å². The number of benzene rings is 1. The fourth-order valence-corrected chi connectivity index (χ4v) is 1.82. The molecule has 1 aromatic rings. The van der Waals surface area contributed by atoms with Crippen molar-refractivity contribution >= 4 is 11.8 Å². The summed E-state index contributed by atoms with van der Waals surface area (Å²) in [5.41, 5.74) is 3.39. The van der Waals surface area contributed by atoms with Gasteiger partial charge in [-0.1, -0.05) is 12.1 Å². The molecule has 0 aromatic heterocycles. The second kappa shape index (κ2) is 6.33. The molecule has 0 radical (unpaired) electrons. The number of hydrogen-bond acceptors (Lipinski definition) is 3. The summed E-state index contributed by atoms with van der Waals surface area (Å²) < 4.78 is 41.0. The molecular formula is C12H16F3NOS. The number of hydrogen-bond donors (Lipinski definition) is 1. The molecule has 0 aliphatic heterocycles. The Hall–Kier alpha value is -0.880. The van der Waals surface area contributed by atoms with Crippen molar-refractivity contribution in [2.75, 3.05) is 12.4 Å². The number of rotatable bonds is 5. The predicted molar refractivity (Wildman–Crippen MR) is 67.8 cm³/mol. The van der Waals surface area contributed by atoms with Crippen molar-refractivity contribution in [1.82, 2.24) is 0 Å². The van der Waals surface area contributed by atoms with Gasteiger partial charge in [-0.3, -0.25) is 0 Å². The van der Waals surface area contributed by atoms with Crippen molar-refractivity contribution in [2.45, 2.75) is 25.4 Å². The van der Waals surface area contributed by atoms with Gasteiger partial charge in [-0.15, -0.1) is 0 Å². The zero-order chi connectivity index (χ0) is 13.8. The number of alkyl halides is 3. The molecule has 0 saturated heterocycles. The third-order valence-corrected chi connectivity index (χ3v) is 3.03. The molecule has 0 aliphatic carbocycles. The Morgan fingerprint density at radius 3 is 2.56 bits per heavy atom. The largest absolute Gasteiger partial charge is 0.492 e. The van der Waals surface area contributed by atoms with E-state index >= 15 is 0 Å². The lowest BCUT2D eigenvalue weighted by atomic mass is 10.1. The van der Waals surface area contributed by atoms with Crippen LogP contribution in [0.15, 0.2) is 18.2 Å². The number of ether oxygens (including phenoxy) is 1. The molecule has 0 saturated carbocycles. The second-order valence-corrected chi connectivity index (χ2v) is 5.12. The summed E-state index contributed by atoms with van der Waals surface area (Å²) in [6, 6.07) is 5.38. The first-order valence-electron chi connectivity index (χ1n) is 5.49. The van der Waals surface area contributed by atoms with Crippen LogP contribution in [-0.2, 0) is 0 Å². The van der Waals surface area contributed by atoms with Crippen molar-refractivity contribution in [3.63, 3.8) is 0 Å². The second-order valence-electron chi connectivity index (χ2n) is 3.96. The lowest BCUT2D eigenvalue weighted by molar-refractivity contribution is -0.0329. The average Bonchev–Trinajstić information content (AvgIpc) is 2.24. The van der Waals surface area contributed by atoms with Crippen LogP contribution >= 0.6 is 11.8 Å². The minimum Gasteiger partial charge on any atom is -0.492 e. The predicted octanol–water partition coefficient (Wildman–Crippen LogP) is 3.65. The van der Waals surface area contributed by atoms with E-state index in [1.165, 1.54) is 0 Å². The van der Waals surface area contributed by atoms with Crippen LogP contribution < -0.4 is 10.5 Å². The Bertz CT molecular complexity index is 393. The zero-order valence-corrected chi connectivity index (χ0v) is 11.1. The van der Waals surface area contributed by atoms with Crippen molar-refractivity contribution in [3.8, 4) is 5.75 Å². The van der Waals surface area contributed by atoms with Crippen molar-refractivity contribution in [3.05, 3.63) is 29.3 Å². The molecule has 2 nitrogen and oxygen atoms in total. The van der Waals surface area contributed by atoms with E-state index in [0.29, 0.717) is 5.75 Å². The standard InChI is InChI=1S/C12H16F3NOS/c1-8-7-10(9(2)16)3-4-11(8)17-5-6-18-12(13,14)15/h3-4,7,9H,5-6,16H2,1-2H3/t9-/m1/s1. The first-order valence-corrected chi connectivity index (χ1v) is 6.48. The lowest BCUT2D eigenvalue weighted by Gasteiger charge is -2.12. The monoisotopic (exact) mass is 279 g/mol. The van der Waals surface area contributed by atoms with Crippen molar-refractivity contribution in [1.29, 1.82) is 0 Å². The third kappa shape index (κ3) is 5.18. The van der Waals surface area contributed by atoms with Crippen LogP contribution in [0.3, 0.4) is 0 Å². The van der Waals surface area contributed by atoms with Crippen LogP contribution in [-0.4, -0.2) is 17.9 Å². The minimum absolute atomic E-state index is 0.0303. The maximum atomic E-state index is 11.9. The Kier molecular flexibility index (Phi) is 5.34. The van der Waals surface area contributed by atoms with E-state index in [9.17, 15) is 13.2 Å². The average molecular weight is 279 g/mol. The fraction of sp³-hybridized carbons (Fsp3) is 0.500. The summed E-state index contributed by atoms with van der Waals surface area (Å²) in [6.07, 6.45) is 0. The molecule has 1 rings (SSSR count). The molecule has 1 aromatic carbocycles. The Morgan fingerprint density at radius 1 is 1.39 bits per heavy atom. The molecule has 0 spiro atoms. The SMILES string of the molecule is Cc1cc([C@@H](C)N)ccc1OCCSC(F)(F)F. The number of halogens is 3. The first-order chi connectivity index (χ1) is 8.29. The molecule has 6 heteroatoms. The van der Waals surface area contributed by atoms with Crippen LogP contribution in [0.2, 0.25) is 0 Å². The smallest absolute Gasteiger partial charge is 0.441 e. The zero-order valence-electron chi connectivity index (χ0n) is 10.3. The Morgan fingerprint density at radius 2 is 2.06 bits per heavy atom. The van der Waals surface area contributed by atoms with Gasteiger partial charge in [-0.05, 0) is 42.8 Å². The maximum absolute atomic E-state index is 11.9. The van der Waals surface area contributed by atoms with Crippen LogP contribution in [0, 0.1) is 6.92 Å². The fourth-order valence-electron chi connectivity index (χ4n) is 1.43. The molecule has 0 amide bonds. The highest BCUT2D eigenvalue weighted by Crippen LogP contribution is 2.30. The molecule has 0 aliphatic rings. The highest BCUT2D eigenvalue weighted by molar-refractivity contribution is 8.00. The van der Waals surface area contributed by atoms with E-state index in [-0.39, 0.29) is 30.2 Å². The molecule has 0 heterocycles. The van der Waals surface area contributed by atoms with Gasteiger partial charge in [0.25, 0.3) is 0 Å². The summed E-state index contributed by atoms with van der Waals surface area (Å²) in [5.74, 6) is 0.486. The summed E-state index contributed by atoms with van der Waals surface area (Å²) in [4.78, 5) is 0. The van der Waals surface area contributed by atoms with Crippen LogP contribution in [0.25, 0.3) is 0 Å². The molecule has 1 atom stereocenters. The summed E-state index contributed by atoms with van der Waals surface area (Å²) >= 11 is -0.0783. The molecule has 0 bridgehead atoms. The molecule has 102 valence electrons. The van der Waals surface area contributed by atoms with Gasteiger partial charge in [0.05, 0.1) is 6.61 Å². The molecule has 18 heavy (non-hydrogen) atoms. The van der Waals surface area contributed by atoms with Gasteiger partial charge in [-0.2, -0.15) is 13.2 Å². The Balaban J connectivity index is 2.48. The highest BCUT2D eigenvalue weighted by atomic mass is 32.2. The van der Waals surface area contributed by atoms with E-state index in [2.05, 4.69) is 0 Å². The summed E-state index contributed by atoms with van der Waals surface area (Å²) in [6.45, 7) is 3.75. The van der Waals surface area contributed by atoms with Gasteiger partial charge in [0.2, 0.25) is 0 Å². The normalized spacial score (nSPS) is 13.4. The first kappa shape index (κ1) is 15.2. The lowest BCUT2D eigenvalue weighted by Crippen LogP contribution is -2.09. The van der Waals surface area contributed by atoms with Gasteiger partial charge in [-0.25, -0.2) is 0 Å². The van der Waals surface area contributed by atoms with Gasteiger partial charge in [0.1, 0.15) is 5.75 Å². The van der Waals surface area contributed by atoms with E-state index in [0.717, 1.165) is 11.1 Å². The number of nitrogens with two attached hydrogens (primary N) is 1. The third-order valence-electron chi connectivity index (χ3n) is 2.33. The molecular weight excluding hydrogens is 263 g/mol. The van der Waals surface area contributed by atoms with Gasteiger partial charge >= 0.3 is 5.51 Å². The molecule has 0 fully saturated rings. The minimum atomic E-state index is -4.20. The van der Waals surface area contributed by atoms with E-state index < -0.39 is 5.51 Å². The van der Waals surface area contributed by atoms with Gasteiger partial charge < -0.3 is 10.5 Å². The van der Waals surface area contributed by atoms with E-state index in [1.807, 2.05) is 26.0 Å². The van der Waals surface area contributed by atoms with E-state index in [4.69, 9.17) is 10.5 Å². The number of aryl methyl sites for hydroxylation is 1. The van der Waals surface area contributed by atoms with E-state index in [1.54, 1.807) is 6.07 Å². The summed E-state index contributed by atoms with van der Waals surface area (Å²) in [7, 11) is 0. The maximum Gasteiger partial charge on any atom is 0.441 e. The Labute approximate surface area is 109 Å². The van der Waals surface area contributed by atoms with Crippen LogP contribution in [0.4, 0.5) is 13.2 Å². The van der Waals surface area contributed by atoms with Crippen molar-refractivity contribution < 1.29 is 17.9 Å². The van der Waals surface area contributed by atoms with Gasteiger partial charge in [0.15, 0.2) is 0 Å². The van der Waals surface area contributed by atoms with Crippen LogP contribution in [0.1, 0.15) is 24.1 Å². The molecule has 0 unspecified atom stereocenters. The number of thioether (sulfide) groups is 1.